The molecule has 1 radical (unpaired) electrons. The fourth-order valence-electron chi connectivity index (χ4n) is 1.12. The second-order valence-electron chi connectivity index (χ2n) is 2.92. The number of esters is 2. The third-order valence-corrected chi connectivity index (χ3v) is 1.79. The first-order valence-corrected chi connectivity index (χ1v) is 5.05. The fourth-order valence-corrected chi connectivity index (χ4v) is 1.12. The lowest BCUT2D eigenvalue weighted by Crippen LogP contribution is -2.09. The molecule has 0 saturated carbocycles. The van der Waals surface area contributed by atoms with Gasteiger partial charge in [-0.25, -0.2) is 9.59 Å². The van der Waals surface area contributed by atoms with Gasteiger partial charge in [0.05, 0.1) is 24.3 Å². The van der Waals surface area contributed by atoms with E-state index < -0.39 is 11.9 Å². The lowest BCUT2D eigenvalue weighted by molar-refractivity contribution is 0.0524. The average Bonchev–Trinajstić information content (AvgIpc) is 2.30. The minimum absolute atomic E-state index is 0.229. The highest BCUT2D eigenvalue weighted by Gasteiger charge is 2.11. The van der Waals surface area contributed by atoms with Gasteiger partial charge in [-0.3, -0.25) is 0 Å². The van der Waals surface area contributed by atoms with Crippen molar-refractivity contribution in [2.24, 2.45) is 0 Å². The Bertz CT molecular complexity index is 351. The smallest absolute Gasteiger partial charge is 0.338 e. The van der Waals surface area contributed by atoms with E-state index in [1.54, 1.807) is 32.0 Å². The van der Waals surface area contributed by atoms with Gasteiger partial charge in [-0.2, -0.15) is 0 Å². The Morgan fingerprint density at radius 2 is 1.50 bits per heavy atom. The first-order chi connectivity index (χ1) is 7.69. The van der Waals surface area contributed by atoms with Crippen LogP contribution in [-0.4, -0.2) is 25.2 Å². The van der Waals surface area contributed by atoms with E-state index in [2.05, 4.69) is 6.07 Å². The van der Waals surface area contributed by atoms with Crippen LogP contribution in [0.1, 0.15) is 34.6 Å². The summed E-state index contributed by atoms with van der Waals surface area (Å²) in [7, 11) is 0. The molecule has 0 aliphatic carbocycles. The molecule has 16 heavy (non-hydrogen) atoms. The molecule has 0 unspecified atom stereocenters. The summed E-state index contributed by atoms with van der Waals surface area (Å²) in [5, 5.41) is 0. The Labute approximate surface area is 94.2 Å². The lowest BCUT2D eigenvalue weighted by atomic mass is 10.1. The quantitative estimate of drug-likeness (QED) is 0.728. The molecule has 1 rings (SSSR count). The van der Waals surface area contributed by atoms with Crippen LogP contribution in [0.2, 0.25) is 0 Å². The lowest BCUT2D eigenvalue weighted by Gasteiger charge is -2.04. The summed E-state index contributed by atoms with van der Waals surface area (Å²) in [4.78, 5) is 22.7. The summed E-state index contributed by atoms with van der Waals surface area (Å²) in [6.07, 6.45) is 0. The van der Waals surface area contributed by atoms with Crippen LogP contribution in [0.25, 0.3) is 0 Å². The molecule has 4 nitrogen and oxygen atoms in total. The number of ether oxygens (including phenoxy) is 2. The summed E-state index contributed by atoms with van der Waals surface area (Å²) < 4.78 is 9.60. The zero-order chi connectivity index (χ0) is 12.0. The van der Waals surface area contributed by atoms with Crippen LogP contribution in [0.5, 0.6) is 0 Å². The average molecular weight is 221 g/mol. The summed E-state index contributed by atoms with van der Waals surface area (Å²) in [5.74, 6) is -0.984. The Hall–Kier alpha value is -1.84. The highest BCUT2D eigenvalue weighted by Crippen LogP contribution is 2.07. The van der Waals surface area contributed by atoms with E-state index in [4.69, 9.17) is 9.47 Å². The molecule has 0 bridgehead atoms. The zero-order valence-corrected chi connectivity index (χ0v) is 9.28. The Balaban J connectivity index is 2.86. The van der Waals surface area contributed by atoms with E-state index in [1.165, 1.54) is 0 Å². The van der Waals surface area contributed by atoms with Crippen LogP contribution in [0.4, 0.5) is 0 Å². The third-order valence-electron chi connectivity index (χ3n) is 1.79. The molecule has 0 aliphatic rings. The van der Waals surface area contributed by atoms with Gasteiger partial charge in [0.1, 0.15) is 0 Å². The van der Waals surface area contributed by atoms with Gasteiger partial charge in [0.15, 0.2) is 0 Å². The maximum absolute atomic E-state index is 11.4. The number of hydrogen-bond donors (Lipinski definition) is 0. The minimum Gasteiger partial charge on any atom is -0.462 e. The SMILES string of the molecule is CCOC(=O)c1[c]c(C(=O)OCC)ccc1. The predicted molar refractivity (Wildman–Crippen MR) is 57.2 cm³/mol. The molecule has 0 atom stereocenters. The molecule has 0 saturated heterocycles. The maximum atomic E-state index is 11.4. The van der Waals surface area contributed by atoms with Crippen LogP contribution >= 0.6 is 0 Å². The van der Waals surface area contributed by atoms with E-state index >= 15 is 0 Å². The van der Waals surface area contributed by atoms with Gasteiger partial charge in [-0.1, -0.05) is 6.07 Å². The van der Waals surface area contributed by atoms with E-state index in [1.807, 2.05) is 0 Å². The molecular formula is C12H13O4. The molecular weight excluding hydrogens is 208 g/mol. The summed E-state index contributed by atoms with van der Waals surface area (Å²) in [6.45, 7) is 4.01. The topological polar surface area (TPSA) is 52.6 Å². The molecule has 85 valence electrons. The van der Waals surface area contributed by atoms with Gasteiger partial charge in [-0.05, 0) is 26.0 Å². The molecule has 0 N–H and O–H groups in total. The van der Waals surface area contributed by atoms with Gasteiger partial charge >= 0.3 is 11.9 Å². The minimum atomic E-state index is -0.492. The van der Waals surface area contributed by atoms with Gasteiger partial charge in [0.25, 0.3) is 0 Å². The molecule has 0 aromatic heterocycles. The molecule has 0 aliphatic heterocycles. The third kappa shape index (κ3) is 3.08. The van der Waals surface area contributed by atoms with E-state index in [0.717, 1.165) is 0 Å². The van der Waals surface area contributed by atoms with Crippen LogP contribution in [0.15, 0.2) is 18.2 Å². The van der Waals surface area contributed by atoms with Gasteiger partial charge in [-0.15, -0.1) is 0 Å². The first kappa shape index (κ1) is 12.2. The second-order valence-corrected chi connectivity index (χ2v) is 2.92. The predicted octanol–water partition coefficient (Wildman–Crippen LogP) is 1.84. The molecule has 4 heteroatoms. The van der Waals surface area contributed by atoms with E-state index in [9.17, 15) is 9.59 Å². The number of carbonyl (C=O) groups is 2. The Morgan fingerprint density at radius 1 is 1.06 bits per heavy atom. The largest absolute Gasteiger partial charge is 0.462 e. The summed E-state index contributed by atoms with van der Waals surface area (Å²) in [5.41, 5.74) is 0.458. The number of hydrogen-bond acceptors (Lipinski definition) is 4. The van der Waals surface area contributed by atoms with Gasteiger partial charge in [0, 0.05) is 6.07 Å². The van der Waals surface area contributed by atoms with Crippen molar-refractivity contribution in [2.75, 3.05) is 13.2 Å². The number of rotatable bonds is 4. The van der Waals surface area contributed by atoms with Crippen molar-refractivity contribution in [2.45, 2.75) is 13.8 Å². The van der Waals surface area contributed by atoms with Crippen molar-refractivity contribution in [1.82, 2.24) is 0 Å². The molecule has 1 aromatic carbocycles. The molecule has 0 fully saturated rings. The van der Waals surface area contributed by atoms with Crippen LogP contribution in [-0.2, 0) is 9.47 Å². The standard InChI is InChI=1S/C12H13O4/c1-3-15-11(13)9-6-5-7-10(8-9)12(14)16-4-2/h5-7H,3-4H2,1-2H3. The summed E-state index contributed by atoms with van der Waals surface area (Å²) >= 11 is 0. The van der Waals surface area contributed by atoms with Crippen molar-refractivity contribution in [1.29, 1.82) is 0 Å². The van der Waals surface area contributed by atoms with Crippen molar-refractivity contribution >= 4 is 11.9 Å². The molecule has 0 amide bonds. The Kier molecular flexibility index (Phi) is 4.51. The Morgan fingerprint density at radius 3 is 1.88 bits per heavy atom. The van der Waals surface area contributed by atoms with Crippen LogP contribution < -0.4 is 0 Å². The van der Waals surface area contributed by atoms with Crippen molar-refractivity contribution in [3.05, 3.63) is 35.4 Å². The van der Waals surface area contributed by atoms with Gasteiger partial charge in [0.2, 0.25) is 0 Å². The van der Waals surface area contributed by atoms with E-state index in [-0.39, 0.29) is 24.3 Å². The van der Waals surface area contributed by atoms with Crippen molar-refractivity contribution in [3.63, 3.8) is 0 Å². The highest BCUT2D eigenvalue weighted by atomic mass is 16.5. The molecule has 1 aromatic rings. The van der Waals surface area contributed by atoms with Crippen LogP contribution in [0, 0.1) is 6.07 Å². The summed E-state index contributed by atoms with van der Waals surface area (Å²) in [6, 6.07) is 7.34. The van der Waals surface area contributed by atoms with Crippen LogP contribution in [0.3, 0.4) is 0 Å². The fraction of sp³-hybridized carbons (Fsp3) is 0.333. The highest BCUT2D eigenvalue weighted by molar-refractivity contribution is 5.94. The second kappa shape index (κ2) is 5.90. The number of benzene rings is 1. The van der Waals surface area contributed by atoms with Gasteiger partial charge < -0.3 is 9.47 Å². The zero-order valence-electron chi connectivity index (χ0n) is 9.28. The van der Waals surface area contributed by atoms with Crippen molar-refractivity contribution in [3.8, 4) is 0 Å². The number of carbonyl (C=O) groups excluding carboxylic acids is 2. The normalized spacial score (nSPS) is 9.62. The maximum Gasteiger partial charge on any atom is 0.338 e. The first-order valence-electron chi connectivity index (χ1n) is 5.05. The van der Waals surface area contributed by atoms with E-state index in [0.29, 0.717) is 0 Å². The monoisotopic (exact) mass is 221 g/mol. The molecule has 0 spiro atoms. The van der Waals surface area contributed by atoms with Crippen molar-refractivity contribution < 1.29 is 19.1 Å². The molecule has 0 heterocycles.